The molecule has 1 aromatic heterocycles. The maximum atomic E-state index is 12.4. The zero-order valence-electron chi connectivity index (χ0n) is 11.2. The molecule has 0 unspecified atom stereocenters. The molecule has 0 amide bonds. The van der Waals surface area contributed by atoms with Crippen molar-refractivity contribution in [1.82, 2.24) is 4.72 Å². The zero-order valence-corrected chi connectivity index (χ0v) is 13.6. The van der Waals surface area contributed by atoms with Crippen molar-refractivity contribution in [3.8, 4) is 0 Å². The largest absolute Gasteiger partial charge is 0.391 e. The summed E-state index contributed by atoms with van der Waals surface area (Å²) in [4.78, 5) is 0. The summed E-state index contributed by atoms with van der Waals surface area (Å²) in [7, 11) is -3.70. The number of benzene rings is 1. The number of hydrogen-bond donors (Lipinski definition) is 2. The number of hydrogen-bond acceptors (Lipinski definition) is 4. The number of rotatable bonds is 3. The van der Waals surface area contributed by atoms with Crippen LogP contribution >= 0.6 is 22.9 Å². The van der Waals surface area contributed by atoms with Crippen LogP contribution in [0.5, 0.6) is 0 Å². The number of aliphatic hydroxyl groups excluding tert-OH is 1. The fourth-order valence-electron chi connectivity index (χ4n) is 2.51. The Morgan fingerprint density at radius 2 is 2.10 bits per heavy atom. The number of halogens is 1. The monoisotopic (exact) mass is 343 g/mol. The molecule has 1 aromatic carbocycles. The second-order valence-corrected chi connectivity index (χ2v) is 8.69. The Kier molecular flexibility index (Phi) is 3.83. The van der Waals surface area contributed by atoms with Gasteiger partial charge in [0.1, 0.15) is 4.21 Å². The summed E-state index contributed by atoms with van der Waals surface area (Å²) < 4.78 is 28.1. The van der Waals surface area contributed by atoms with E-state index in [1.165, 1.54) is 0 Å². The van der Waals surface area contributed by atoms with Gasteiger partial charge in [-0.1, -0.05) is 35.9 Å². The summed E-state index contributed by atoms with van der Waals surface area (Å²) in [6.07, 6.45) is -0.304. The standard InChI is InChI=1S/C14H14ClNO3S2/c1-8-6-12(20-14(8)15)21(18,19)16-13-10-5-3-2-4-9(10)7-11(13)17/h2-6,11,13,16-17H,7H2,1H3/t11-,13+/m1/s1. The van der Waals surface area contributed by atoms with Crippen LogP contribution in [0.4, 0.5) is 0 Å². The summed E-state index contributed by atoms with van der Waals surface area (Å²) in [6.45, 7) is 1.76. The topological polar surface area (TPSA) is 66.4 Å². The molecular weight excluding hydrogens is 330 g/mol. The van der Waals surface area contributed by atoms with Crippen LogP contribution in [0.1, 0.15) is 22.7 Å². The quantitative estimate of drug-likeness (QED) is 0.900. The Morgan fingerprint density at radius 3 is 2.76 bits per heavy atom. The van der Waals surface area contributed by atoms with E-state index in [2.05, 4.69) is 4.72 Å². The first kappa shape index (κ1) is 15.0. The first-order valence-corrected chi connectivity index (χ1v) is 9.10. The van der Waals surface area contributed by atoms with Crippen LogP contribution in [0.3, 0.4) is 0 Å². The Morgan fingerprint density at radius 1 is 1.38 bits per heavy atom. The molecule has 1 aliphatic rings. The summed E-state index contributed by atoms with van der Waals surface area (Å²) in [5.41, 5.74) is 2.53. The van der Waals surface area contributed by atoms with Gasteiger partial charge >= 0.3 is 0 Å². The predicted molar refractivity (Wildman–Crippen MR) is 83.3 cm³/mol. The summed E-state index contributed by atoms with van der Waals surface area (Å²) in [5, 5.41) is 10.1. The molecule has 0 spiro atoms. The third kappa shape index (κ3) is 2.74. The van der Waals surface area contributed by atoms with E-state index in [0.717, 1.165) is 28.0 Å². The van der Waals surface area contributed by atoms with E-state index in [4.69, 9.17) is 11.6 Å². The zero-order chi connectivity index (χ0) is 15.2. The van der Waals surface area contributed by atoms with Gasteiger partial charge in [0, 0.05) is 6.42 Å². The number of aryl methyl sites for hydroxylation is 1. The normalized spacial score (nSPS) is 21.5. The van der Waals surface area contributed by atoms with E-state index in [1.54, 1.807) is 13.0 Å². The molecule has 1 heterocycles. The highest BCUT2D eigenvalue weighted by Crippen LogP contribution is 2.35. The molecule has 0 bridgehead atoms. The summed E-state index contributed by atoms with van der Waals surface area (Å²) in [6, 6.07) is 8.38. The Hall–Kier alpha value is -0.920. The fourth-order valence-corrected chi connectivity index (χ4v) is 5.48. The third-order valence-corrected chi connectivity index (χ3v) is 7.06. The van der Waals surface area contributed by atoms with Crippen LogP contribution in [0, 0.1) is 6.92 Å². The van der Waals surface area contributed by atoms with Gasteiger partial charge in [0.2, 0.25) is 0 Å². The first-order chi connectivity index (χ1) is 9.88. The molecule has 0 radical (unpaired) electrons. The lowest BCUT2D eigenvalue weighted by atomic mass is 10.1. The second kappa shape index (κ2) is 5.37. The van der Waals surface area contributed by atoms with Gasteiger partial charge in [-0.25, -0.2) is 13.1 Å². The van der Waals surface area contributed by atoms with Crippen LogP contribution in [-0.2, 0) is 16.4 Å². The third-order valence-electron chi connectivity index (χ3n) is 3.59. The van der Waals surface area contributed by atoms with Gasteiger partial charge < -0.3 is 5.11 Å². The van der Waals surface area contributed by atoms with Gasteiger partial charge in [0.25, 0.3) is 10.0 Å². The lowest BCUT2D eigenvalue weighted by molar-refractivity contribution is 0.151. The predicted octanol–water partition coefficient (Wildman–Crippen LogP) is 2.65. The lowest BCUT2D eigenvalue weighted by Crippen LogP contribution is -2.33. The van der Waals surface area contributed by atoms with Crippen LogP contribution < -0.4 is 4.72 Å². The maximum Gasteiger partial charge on any atom is 0.250 e. The number of thiophene rings is 1. The highest BCUT2D eigenvalue weighted by atomic mass is 35.5. The van der Waals surface area contributed by atoms with Crippen molar-refractivity contribution in [3.05, 3.63) is 51.4 Å². The van der Waals surface area contributed by atoms with Gasteiger partial charge in [0.05, 0.1) is 16.5 Å². The van der Waals surface area contributed by atoms with E-state index in [-0.39, 0.29) is 4.21 Å². The van der Waals surface area contributed by atoms with Crippen LogP contribution in [0.25, 0.3) is 0 Å². The molecule has 2 aromatic rings. The van der Waals surface area contributed by atoms with E-state index in [1.807, 2.05) is 24.3 Å². The van der Waals surface area contributed by atoms with Gasteiger partial charge in [-0.05, 0) is 29.7 Å². The average molecular weight is 344 g/mol. The summed E-state index contributed by atoms with van der Waals surface area (Å²) >= 11 is 6.96. The minimum Gasteiger partial charge on any atom is -0.391 e. The van der Waals surface area contributed by atoms with Crippen molar-refractivity contribution < 1.29 is 13.5 Å². The summed E-state index contributed by atoms with van der Waals surface area (Å²) in [5.74, 6) is 0. The number of nitrogens with one attached hydrogen (secondary N) is 1. The molecule has 3 rings (SSSR count). The minimum absolute atomic E-state index is 0.168. The number of fused-ring (bicyclic) bond motifs is 1. The molecule has 7 heteroatoms. The highest BCUT2D eigenvalue weighted by molar-refractivity contribution is 7.91. The SMILES string of the molecule is Cc1cc(S(=O)(=O)N[C@H]2c3ccccc3C[C@H]2O)sc1Cl. The second-order valence-electron chi connectivity index (χ2n) is 5.09. The molecule has 2 N–H and O–H groups in total. The van der Waals surface area contributed by atoms with Gasteiger partial charge in [0.15, 0.2) is 0 Å². The molecule has 1 aliphatic carbocycles. The molecule has 0 aliphatic heterocycles. The minimum atomic E-state index is -3.70. The molecule has 21 heavy (non-hydrogen) atoms. The van der Waals surface area contributed by atoms with Crippen molar-refractivity contribution in [3.63, 3.8) is 0 Å². The van der Waals surface area contributed by atoms with Gasteiger partial charge in [-0.2, -0.15) is 0 Å². The van der Waals surface area contributed by atoms with Crippen molar-refractivity contribution in [2.45, 2.75) is 29.7 Å². The van der Waals surface area contributed by atoms with Crippen LogP contribution in [0.15, 0.2) is 34.5 Å². The van der Waals surface area contributed by atoms with E-state index in [0.29, 0.717) is 10.8 Å². The fraction of sp³-hybridized carbons (Fsp3) is 0.286. The Labute approximate surface area is 132 Å². The molecule has 112 valence electrons. The maximum absolute atomic E-state index is 12.4. The van der Waals surface area contributed by atoms with Crippen molar-refractivity contribution in [2.24, 2.45) is 0 Å². The smallest absolute Gasteiger partial charge is 0.250 e. The molecule has 2 atom stereocenters. The molecular formula is C14H14ClNO3S2. The Bertz CT molecular complexity index is 766. The van der Waals surface area contributed by atoms with E-state index < -0.39 is 22.2 Å². The molecule has 0 fully saturated rings. The van der Waals surface area contributed by atoms with Gasteiger partial charge in [-0.3, -0.25) is 0 Å². The molecule has 4 nitrogen and oxygen atoms in total. The average Bonchev–Trinajstić information content (AvgIpc) is 2.92. The van der Waals surface area contributed by atoms with Crippen molar-refractivity contribution in [1.29, 1.82) is 0 Å². The van der Waals surface area contributed by atoms with E-state index >= 15 is 0 Å². The van der Waals surface area contributed by atoms with Crippen LogP contribution in [0.2, 0.25) is 4.34 Å². The Balaban J connectivity index is 1.93. The van der Waals surface area contributed by atoms with Crippen molar-refractivity contribution >= 4 is 33.0 Å². The molecule has 0 saturated carbocycles. The number of sulfonamides is 1. The highest BCUT2D eigenvalue weighted by Gasteiger charge is 2.34. The molecule has 0 saturated heterocycles. The van der Waals surface area contributed by atoms with Gasteiger partial charge in [-0.15, -0.1) is 11.3 Å². The number of aliphatic hydroxyl groups is 1. The van der Waals surface area contributed by atoms with E-state index in [9.17, 15) is 13.5 Å². The van der Waals surface area contributed by atoms with Crippen LogP contribution in [-0.4, -0.2) is 19.6 Å². The van der Waals surface area contributed by atoms with Crippen molar-refractivity contribution in [2.75, 3.05) is 0 Å². The lowest BCUT2D eigenvalue weighted by Gasteiger charge is -2.17. The first-order valence-electron chi connectivity index (χ1n) is 6.42.